The molecule has 0 atom stereocenters. The van der Waals surface area contributed by atoms with Crippen LogP contribution in [0.5, 0.6) is 0 Å². The highest BCUT2D eigenvalue weighted by Gasteiger charge is 2.32. The van der Waals surface area contributed by atoms with Gasteiger partial charge in [-0.05, 0) is 36.1 Å². The minimum atomic E-state index is 0.0611. The van der Waals surface area contributed by atoms with E-state index in [1.54, 1.807) is 0 Å². The number of amides is 1. The van der Waals surface area contributed by atoms with E-state index >= 15 is 0 Å². The van der Waals surface area contributed by atoms with Gasteiger partial charge >= 0.3 is 0 Å². The molecule has 2 aromatic rings. The standard InChI is InChI=1S/C21H20ClNO/c1-16-19(15-17-9-4-2-5-10-17)23(14-8-13-22)21(24)20(16)18-11-6-3-7-12-18/h2-7,9-12,15H,8,13-14H2,1H3/b19-15+. The molecule has 0 spiro atoms. The van der Waals surface area contributed by atoms with Gasteiger partial charge in [-0.1, -0.05) is 60.7 Å². The predicted octanol–water partition coefficient (Wildman–Crippen LogP) is 4.97. The largest absolute Gasteiger partial charge is 0.308 e. The molecule has 3 heteroatoms. The minimum absolute atomic E-state index is 0.0611. The van der Waals surface area contributed by atoms with E-state index in [1.807, 2.05) is 72.5 Å². The zero-order valence-electron chi connectivity index (χ0n) is 13.7. The van der Waals surface area contributed by atoms with Crippen LogP contribution in [-0.2, 0) is 4.79 Å². The Kier molecular flexibility index (Phi) is 5.17. The number of carbonyl (C=O) groups excluding carboxylic acids is 1. The second kappa shape index (κ2) is 7.50. The number of benzene rings is 2. The minimum Gasteiger partial charge on any atom is -0.308 e. The lowest BCUT2D eigenvalue weighted by Crippen LogP contribution is -2.27. The molecule has 0 fully saturated rings. The molecule has 0 bridgehead atoms. The first-order valence-electron chi connectivity index (χ1n) is 8.13. The number of carbonyl (C=O) groups is 1. The average molecular weight is 338 g/mol. The van der Waals surface area contributed by atoms with Crippen molar-refractivity contribution in [1.29, 1.82) is 0 Å². The molecule has 1 aliphatic heterocycles. The van der Waals surface area contributed by atoms with Crippen LogP contribution in [0.2, 0.25) is 0 Å². The first-order valence-corrected chi connectivity index (χ1v) is 8.67. The van der Waals surface area contributed by atoms with Gasteiger partial charge < -0.3 is 4.90 Å². The van der Waals surface area contributed by atoms with Crippen molar-refractivity contribution in [2.45, 2.75) is 13.3 Å². The SMILES string of the molecule is CC1=C(c2ccccc2)C(=O)N(CCCCl)/C1=C/c1ccccc1. The number of hydrogen-bond acceptors (Lipinski definition) is 1. The van der Waals surface area contributed by atoms with Crippen molar-refractivity contribution in [3.05, 3.63) is 83.1 Å². The first-order chi connectivity index (χ1) is 11.7. The number of halogens is 1. The molecule has 0 N–H and O–H groups in total. The number of alkyl halides is 1. The van der Waals surface area contributed by atoms with Crippen LogP contribution in [0.15, 0.2) is 71.9 Å². The van der Waals surface area contributed by atoms with E-state index in [9.17, 15) is 4.79 Å². The smallest absolute Gasteiger partial charge is 0.259 e. The van der Waals surface area contributed by atoms with Gasteiger partial charge in [0.15, 0.2) is 0 Å². The molecule has 1 aliphatic rings. The van der Waals surface area contributed by atoms with Crippen LogP contribution < -0.4 is 0 Å². The summed E-state index contributed by atoms with van der Waals surface area (Å²) in [5.74, 6) is 0.605. The second-order valence-electron chi connectivity index (χ2n) is 5.81. The molecule has 0 aliphatic carbocycles. The topological polar surface area (TPSA) is 20.3 Å². The Bertz CT molecular complexity index is 778. The van der Waals surface area contributed by atoms with Gasteiger partial charge in [0.05, 0.1) is 5.57 Å². The van der Waals surface area contributed by atoms with Gasteiger partial charge in [0.25, 0.3) is 5.91 Å². The maximum Gasteiger partial charge on any atom is 0.259 e. The highest BCUT2D eigenvalue weighted by molar-refractivity contribution is 6.25. The Balaban J connectivity index is 2.06. The lowest BCUT2D eigenvalue weighted by molar-refractivity contribution is -0.122. The van der Waals surface area contributed by atoms with Crippen molar-refractivity contribution in [3.63, 3.8) is 0 Å². The summed E-state index contributed by atoms with van der Waals surface area (Å²) in [5, 5.41) is 0. The van der Waals surface area contributed by atoms with Crippen molar-refractivity contribution in [2.24, 2.45) is 0 Å². The van der Waals surface area contributed by atoms with Crippen LogP contribution in [0.3, 0.4) is 0 Å². The van der Waals surface area contributed by atoms with Gasteiger partial charge in [-0.3, -0.25) is 4.79 Å². The Hall–Kier alpha value is -2.32. The van der Waals surface area contributed by atoms with E-state index in [1.165, 1.54) is 0 Å². The van der Waals surface area contributed by atoms with Gasteiger partial charge in [0, 0.05) is 18.1 Å². The molecule has 0 saturated carbocycles. The molecule has 0 aromatic heterocycles. The van der Waals surface area contributed by atoms with E-state index in [2.05, 4.69) is 6.08 Å². The van der Waals surface area contributed by atoms with Crippen LogP contribution in [0.4, 0.5) is 0 Å². The molecular formula is C21H20ClNO. The number of rotatable bonds is 5. The summed E-state index contributed by atoms with van der Waals surface area (Å²) in [6, 6.07) is 20.0. The quantitative estimate of drug-likeness (QED) is 0.705. The fourth-order valence-electron chi connectivity index (χ4n) is 3.01. The zero-order chi connectivity index (χ0) is 16.9. The van der Waals surface area contributed by atoms with Crippen molar-refractivity contribution in [1.82, 2.24) is 4.90 Å². The Morgan fingerprint density at radius 2 is 1.62 bits per heavy atom. The summed E-state index contributed by atoms with van der Waals surface area (Å²) < 4.78 is 0. The molecule has 0 saturated heterocycles. The highest BCUT2D eigenvalue weighted by Crippen LogP contribution is 2.36. The molecule has 2 nitrogen and oxygen atoms in total. The predicted molar refractivity (Wildman–Crippen MR) is 101 cm³/mol. The molecular weight excluding hydrogens is 318 g/mol. The molecule has 2 aromatic carbocycles. The lowest BCUT2D eigenvalue weighted by Gasteiger charge is -2.19. The van der Waals surface area contributed by atoms with Crippen LogP contribution in [-0.4, -0.2) is 23.2 Å². The summed E-state index contributed by atoms with van der Waals surface area (Å²) in [4.78, 5) is 14.9. The molecule has 0 radical (unpaired) electrons. The monoisotopic (exact) mass is 337 g/mol. The summed E-state index contributed by atoms with van der Waals surface area (Å²) in [5.41, 5.74) is 4.82. The van der Waals surface area contributed by atoms with Crippen molar-refractivity contribution in [3.8, 4) is 0 Å². The Labute approximate surface area is 148 Å². The molecule has 3 rings (SSSR count). The van der Waals surface area contributed by atoms with Gasteiger partial charge in [-0.15, -0.1) is 11.6 Å². The maximum absolute atomic E-state index is 13.0. The van der Waals surface area contributed by atoms with Crippen LogP contribution in [0, 0.1) is 0 Å². The third kappa shape index (κ3) is 3.29. The van der Waals surface area contributed by atoms with E-state index in [0.29, 0.717) is 12.4 Å². The van der Waals surface area contributed by atoms with Crippen molar-refractivity contribution in [2.75, 3.05) is 12.4 Å². The van der Waals surface area contributed by atoms with Gasteiger partial charge in [-0.2, -0.15) is 0 Å². The van der Waals surface area contributed by atoms with Crippen LogP contribution >= 0.6 is 11.6 Å². The molecule has 0 unspecified atom stereocenters. The van der Waals surface area contributed by atoms with Gasteiger partial charge in [-0.25, -0.2) is 0 Å². The molecule has 24 heavy (non-hydrogen) atoms. The van der Waals surface area contributed by atoms with E-state index < -0.39 is 0 Å². The van der Waals surface area contributed by atoms with E-state index in [0.717, 1.165) is 34.4 Å². The molecule has 122 valence electrons. The van der Waals surface area contributed by atoms with Crippen LogP contribution in [0.1, 0.15) is 24.5 Å². The Morgan fingerprint density at radius 1 is 1.00 bits per heavy atom. The van der Waals surface area contributed by atoms with Crippen molar-refractivity contribution < 1.29 is 4.79 Å². The summed E-state index contributed by atoms with van der Waals surface area (Å²) in [7, 11) is 0. The normalized spacial score (nSPS) is 16.3. The number of allylic oxidation sites excluding steroid dienone is 1. The van der Waals surface area contributed by atoms with Gasteiger partial charge in [0.2, 0.25) is 0 Å². The fraction of sp³-hybridized carbons (Fsp3) is 0.190. The third-order valence-electron chi connectivity index (χ3n) is 4.19. The highest BCUT2D eigenvalue weighted by atomic mass is 35.5. The van der Waals surface area contributed by atoms with Gasteiger partial charge in [0.1, 0.15) is 0 Å². The fourth-order valence-corrected chi connectivity index (χ4v) is 3.13. The maximum atomic E-state index is 13.0. The second-order valence-corrected chi connectivity index (χ2v) is 6.18. The van der Waals surface area contributed by atoms with Crippen molar-refractivity contribution >= 4 is 29.2 Å². The summed E-state index contributed by atoms with van der Waals surface area (Å²) >= 11 is 5.85. The number of nitrogens with zero attached hydrogens (tertiary/aromatic N) is 1. The summed E-state index contributed by atoms with van der Waals surface area (Å²) in [6.45, 7) is 2.66. The lowest BCUT2D eigenvalue weighted by atomic mass is 10.0. The molecule has 1 amide bonds. The Morgan fingerprint density at radius 3 is 2.25 bits per heavy atom. The molecule has 1 heterocycles. The van der Waals surface area contributed by atoms with E-state index in [-0.39, 0.29) is 5.91 Å². The van der Waals surface area contributed by atoms with E-state index in [4.69, 9.17) is 11.6 Å². The average Bonchev–Trinajstić information content (AvgIpc) is 2.85. The third-order valence-corrected chi connectivity index (χ3v) is 4.46. The summed E-state index contributed by atoms with van der Waals surface area (Å²) in [6.07, 6.45) is 2.85. The zero-order valence-corrected chi connectivity index (χ0v) is 14.5. The number of hydrogen-bond donors (Lipinski definition) is 0. The first kappa shape index (κ1) is 16.5. The van der Waals surface area contributed by atoms with Crippen LogP contribution in [0.25, 0.3) is 11.6 Å².